The van der Waals surface area contributed by atoms with E-state index in [1.165, 1.54) is 0 Å². The first-order chi connectivity index (χ1) is 13.6. The fourth-order valence-corrected chi connectivity index (χ4v) is 4.86. The Morgan fingerprint density at radius 2 is 1.89 bits per heavy atom. The van der Waals surface area contributed by atoms with Crippen LogP contribution in [-0.4, -0.2) is 30.8 Å². The Balaban J connectivity index is 2.24. The molecule has 0 aromatic heterocycles. The molecule has 1 heterocycles. The van der Waals surface area contributed by atoms with Crippen molar-refractivity contribution in [1.82, 2.24) is 4.90 Å². The van der Waals surface area contributed by atoms with Crippen LogP contribution in [0, 0.1) is 45.3 Å². The maximum Gasteiger partial charge on any atom is 0.187 e. The summed E-state index contributed by atoms with van der Waals surface area (Å²) in [6.45, 7) is 4.57. The molecule has 0 amide bonds. The van der Waals surface area contributed by atoms with Gasteiger partial charge in [-0.05, 0) is 42.5 Å². The molecule has 0 saturated heterocycles. The predicted molar refractivity (Wildman–Crippen MR) is 110 cm³/mol. The molecule has 2 N–H and O–H groups in total. The highest BCUT2D eigenvalue weighted by Gasteiger charge is 2.54. The molecule has 0 bridgehead atoms. The van der Waals surface area contributed by atoms with Crippen LogP contribution in [0.1, 0.15) is 24.8 Å². The first kappa shape index (κ1) is 20.0. The number of fused-ring (bicyclic) bond motifs is 1. The van der Waals surface area contributed by atoms with Crippen LogP contribution in [0.15, 0.2) is 52.1 Å². The third-order valence-corrected chi connectivity index (χ3v) is 6.49. The van der Waals surface area contributed by atoms with Gasteiger partial charge in [-0.15, -0.1) is 11.8 Å². The smallest absolute Gasteiger partial charge is 0.187 e. The Bertz CT molecular complexity index is 925. The number of nitrogens with zero attached hydrogens (tertiary/aromatic N) is 4. The summed E-state index contributed by atoms with van der Waals surface area (Å²) in [6, 6.07) is 14.4. The van der Waals surface area contributed by atoms with Gasteiger partial charge in [-0.1, -0.05) is 25.1 Å². The number of hydrogen-bond acceptors (Lipinski definition) is 6. The zero-order valence-electron chi connectivity index (χ0n) is 16.1. The second-order valence-electron chi connectivity index (χ2n) is 7.21. The normalized spacial score (nSPS) is 23.8. The molecule has 1 aromatic carbocycles. The predicted octanol–water partition coefficient (Wildman–Crippen LogP) is 3.54. The van der Waals surface area contributed by atoms with Crippen LogP contribution in [-0.2, 0) is 0 Å². The monoisotopic (exact) mass is 389 g/mol. The van der Waals surface area contributed by atoms with E-state index >= 15 is 0 Å². The fourth-order valence-electron chi connectivity index (χ4n) is 4.46. The molecule has 0 radical (unpaired) electrons. The van der Waals surface area contributed by atoms with E-state index < -0.39 is 11.3 Å². The van der Waals surface area contributed by atoms with Gasteiger partial charge in [0.15, 0.2) is 5.41 Å². The van der Waals surface area contributed by atoms with E-state index in [-0.39, 0.29) is 11.5 Å². The summed E-state index contributed by atoms with van der Waals surface area (Å²) in [5.41, 5.74) is 6.95. The van der Waals surface area contributed by atoms with Gasteiger partial charge in [0.1, 0.15) is 0 Å². The summed E-state index contributed by atoms with van der Waals surface area (Å²) in [7, 11) is 0. The largest absolute Gasteiger partial charge is 0.398 e. The highest BCUT2D eigenvalue weighted by atomic mass is 32.2. The van der Waals surface area contributed by atoms with Gasteiger partial charge in [0.25, 0.3) is 0 Å². The number of nitrogens with two attached hydrogens (primary N) is 1. The van der Waals surface area contributed by atoms with Crippen molar-refractivity contribution in [1.29, 1.82) is 15.8 Å². The van der Waals surface area contributed by atoms with E-state index in [0.717, 1.165) is 42.1 Å². The van der Waals surface area contributed by atoms with Crippen molar-refractivity contribution in [2.75, 3.05) is 25.9 Å². The van der Waals surface area contributed by atoms with Crippen molar-refractivity contribution < 1.29 is 0 Å². The molecular formula is C22H23N5S. The molecule has 2 aliphatic rings. The van der Waals surface area contributed by atoms with Gasteiger partial charge in [0, 0.05) is 29.8 Å². The summed E-state index contributed by atoms with van der Waals surface area (Å²) in [6.07, 6.45) is 5.10. The van der Waals surface area contributed by atoms with Crippen LogP contribution in [0.25, 0.3) is 0 Å². The van der Waals surface area contributed by atoms with Crippen LogP contribution in [0.3, 0.4) is 0 Å². The fraction of sp³-hybridized carbons (Fsp3) is 0.409. The number of hydrogen-bond donors (Lipinski definition) is 1. The standard InChI is InChI=1S/C22H23N5S/c1-3-9-27-10-8-17-18(12-27)20(15-4-6-16(28-2)7-5-15)22(13-24,14-25)19(11-23)21(17)26/h4-8,18,20H,3,9-10,12,26H2,1-2H3/t18-,20?/m0/s1. The zero-order valence-corrected chi connectivity index (χ0v) is 17.0. The average molecular weight is 390 g/mol. The van der Waals surface area contributed by atoms with Gasteiger partial charge >= 0.3 is 0 Å². The van der Waals surface area contributed by atoms with E-state index in [0.29, 0.717) is 5.70 Å². The minimum atomic E-state index is -1.59. The molecule has 6 heteroatoms. The molecule has 2 atom stereocenters. The maximum atomic E-state index is 10.1. The van der Waals surface area contributed by atoms with Gasteiger partial charge in [-0.2, -0.15) is 15.8 Å². The quantitative estimate of drug-likeness (QED) is 0.791. The van der Waals surface area contributed by atoms with Crippen molar-refractivity contribution in [3.8, 4) is 18.2 Å². The average Bonchev–Trinajstić information content (AvgIpc) is 2.73. The van der Waals surface area contributed by atoms with Gasteiger partial charge in [-0.25, -0.2) is 0 Å². The van der Waals surface area contributed by atoms with E-state index in [1.54, 1.807) is 11.8 Å². The lowest BCUT2D eigenvalue weighted by molar-refractivity contribution is 0.208. The Hall–Kier alpha value is -2.72. The van der Waals surface area contributed by atoms with Crippen molar-refractivity contribution in [2.45, 2.75) is 24.2 Å². The summed E-state index contributed by atoms with van der Waals surface area (Å²) in [5, 5.41) is 30.0. The maximum absolute atomic E-state index is 10.1. The molecule has 0 saturated carbocycles. The van der Waals surface area contributed by atoms with Crippen LogP contribution in [0.4, 0.5) is 0 Å². The third kappa shape index (κ3) is 3.08. The lowest BCUT2D eigenvalue weighted by Crippen LogP contribution is -2.47. The van der Waals surface area contributed by atoms with Crippen molar-refractivity contribution >= 4 is 11.8 Å². The summed E-state index contributed by atoms with van der Waals surface area (Å²) >= 11 is 1.64. The highest BCUT2D eigenvalue weighted by Crippen LogP contribution is 2.54. The summed E-state index contributed by atoms with van der Waals surface area (Å²) in [4.78, 5) is 3.43. The molecule has 1 aliphatic heterocycles. The van der Waals surface area contributed by atoms with Crippen molar-refractivity contribution in [2.24, 2.45) is 17.1 Å². The van der Waals surface area contributed by atoms with Crippen molar-refractivity contribution in [3.63, 3.8) is 0 Å². The first-order valence-corrected chi connectivity index (χ1v) is 10.6. The van der Waals surface area contributed by atoms with E-state index in [9.17, 15) is 15.8 Å². The van der Waals surface area contributed by atoms with E-state index in [4.69, 9.17) is 5.73 Å². The van der Waals surface area contributed by atoms with Gasteiger partial charge < -0.3 is 5.73 Å². The minimum Gasteiger partial charge on any atom is -0.398 e. The number of allylic oxidation sites excluding steroid dienone is 2. The number of thioether (sulfide) groups is 1. The molecule has 5 nitrogen and oxygen atoms in total. The lowest BCUT2D eigenvalue weighted by Gasteiger charge is -2.45. The molecule has 1 aliphatic carbocycles. The third-order valence-electron chi connectivity index (χ3n) is 5.75. The highest BCUT2D eigenvalue weighted by molar-refractivity contribution is 7.98. The van der Waals surface area contributed by atoms with Crippen LogP contribution < -0.4 is 5.73 Å². The second-order valence-corrected chi connectivity index (χ2v) is 8.09. The number of rotatable bonds is 4. The van der Waals surface area contributed by atoms with Crippen LogP contribution in [0.2, 0.25) is 0 Å². The zero-order chi connectivity index (χ0) is 20.3. The Morgan fingerprint density at radius 3 is 2.43 bits per heavy atom. The number of benzene rings is 1. The Labute approximate surface area is 170 Å². The summed E-state index contributed by atoms with van der Waals surface area (Å²) < 4.78 is 0. The van der Waals surface area contributed by atoms with Gasteiger partial charge in [0.2, 0.25) is 0 Å². The first-order valence-electron chi connectivity index (χ1n) is 9.35. The second kappa shape index (κ2) is 8.11. The SMILES string of the molecule is CCCN1CC=C2C(N)=C(C#N)C(C#N)(C#N)C(c3ccc(SC)cc3)[C@H]2C1. The van der Waals surface area contributed by atoms with E-state index in [2.05, 4.69) is 36.1 Å². The van der Waals surface area contributed by atoms with Crippen molar-refractivity contribution in [3.05, 3.63) is 52.7 Å². The topological polar surface area (TPSA) is 101 Å². The van der Waals surface area contributed by atoms with Gasteiger partial charge in [-0.3, -0.25) is 4.90 Å². The molecule has 142 valence electrons. The Morgan fingerprint density at radius 1 is 1.21 bits per heavy atom. The molecule has 1 aromatic rings. The molecule has 0 spiro atoms. The number of nitriles is 3. The molecule has 0 fully saturated rings. The molecule has 1 unspecified atom stereocenters. The molecule has 3 rings (SSSR count). The van der Waals surface area contributed by atoms with Crippen LogP contribution >= 0.6 is 11.8 Å². The lowest BCUT2D eigenvalue weighted by atomic mass is 9.57. The van der Waals surface area contributed by atoms with Gasteiger partial charge in [0.05, 0.1) is 29.5 Å². The molecular weight excluding hydrogens is 366 g/mol. The minimum absolute atomic E-state index is 0.0860. The molecule has 28 heavy (non-hydrogen) atoms. The summed E-state index contributed by atoms with van der Waals surface area (Å²) in [5.74, 6) is -0.539. The van der Waals surface area contributed by atoms with Crippen LogP contribution in [0.5, 0.6) is 0 Å². The van der Waals surface area contributed by atoms with E-state index in [1.807, 2.05) is 30.5 Å². The Kier molecular flexibility index (Phi) is 5.80.